The van der Waals surface area contributed by atoms with Crippen LogP contribution in [0.5, 0.6) is 0 Å². The lowest BCUT2D eigenvalue weighted by Crippen LogP contribution is -2.32. The zero-order chi connectivity index (χ0) is 9.23. The van der Waals surface area contributed by atoms with Gasteiger partial charge in [-0.1, -0.05) is 0 Å². The molecule has 0 rings (SSSR count). The maximum absolute atomic E-state index is 10.8. The normalized spacial score (nSPS) is 9.00. The molecule has 4 heteroatoms. The quantitative estimate of drug-likeness (QED) is 0.551. The molecule has 0 heterocycles. The molecule has 0 saturated carbocycles. The van der Waals surface area contributed by atoms with Crippen LogP contribution in [0.4, 0.5) is 0 Å². The molecule has 12 heavy (non-hydrogen) atoms. The van der Waals surface area contributed by atoms with Gasteiger partial charge in [0.25, 0.3) is 0 Å². The summed E-state index contributed by atoms with van der Waals surface area (Å²) >= 11 is 0. The van der Waals surface area contributed by atoms with E-state index < -0.39 is 0 Å². The average Bonchev–Trinajstić information content (AvgIpc) is 2.05. The van der Waals surface area contributed by atoms with Crippen LogP contribution in [0.3, 0.4) is 0 Å². The van der Waals surface area contributed by atoms with Crippen LogP contribution in [0.25, 0.3) is 0 Å². The number of hydrogen-bond acceptors (Lipinski definition) is 3. The highest BCUT2D eigenvalue weighted by Gasteiger charge is 1.96. The predicted octanol–water partition coefficient (Wildman–Crippen LogP) is 0.0159. The molecule has 68 valence electrons. The lowest BCUT2D eigenvalue weighted by atomic mass is 10.2. The number of nitrogens with zero attached hydrogens (tertiary/aromatic N) is 1. The second-order valence-electron chi connectivity index (χ2n) is 2.50. The van der Waals surface area contributed by atoms with Gasteiger partial charge in [-0.25, -0.2) is 0 Å². The van der Waals surface area contributed by atoms with Crippen molar-refractivity contribution in [1.29, 1.82) is 5.26 Å². The number of hydrogen-bond donors (Lipinski definition) is 2. The van der Waals surface area contributed by atoms with E-state index in [-0.39, 0.29) is 5.91 Å². The molecule has 0 aromatic heterocycles. The van der Waals surface area contributed by atoms with Crippen LogP contribution < -0.4 is 10.6 Å². The molecule has 0 aromatic carbocycles. The Bertz CT molecular complexity index is 162. The first-order chi connectivity index (χ1) is 5.81. The monoisotopic (exact) mass is 169 g/mol. The van der Waals surface area contributed by atoms with Crippen molar-refractivity contribution in [1.82, 2.24) is 10.6 Å². The minimum Gasteiger partial charge on any atom is -0.355 e. The van der Waals surface area contributed by atoms with Crippen LogP contribution >= 0.6 is 0 Å². The fourth-order valence-corrected chi connectivity index (χ4v) is 0.780. The molecule has 0 unspecified atom stereocenters. The van der Waals surface area contributed by atoms with Crippen LogP contribution in [0.15, 0.2) is 0 Å². The fraction of sp³-hybridized carbons (Fsp3) is 0.750. The molecule has 0 aliphatic carbocycles. The Labute approximate surface area is 72.9 Å². The first kappa shape index (κ1) is 10.9. The third kappa shape index (κ3) is 7.03. The molecule has 0 spiro atoms. The van der Waals surface area contributed by atoms with Gasteiger partial charge in [0.15, 0.2) is 0 Å². The number of likely N-dealkylation sites (N-methyl/N-ethyl adjacent to an activating group) is 1. The number of nitrogens with one attached hydrogen (secondary N) is 2. The zero-order valence-electron chi connectivity index (χ0n) is 7.39. The van der Waals surface area contributed by atoms with Gasteiger partial charge in [-0.2, -0.15) is 5.26 Å². The van der Waals surface area contributed by atoms with E-state index in [2.05, 4.69) is 16.7 Å². The van der Waals surface area contributed by atoms with Gasteiger partial charge in [0.1, 0.15) is 0 Å². The number of carbonyl (C=O) groups excluding carboxylic acids is 1. The molecule has 0 fully saturated rings. The standard InChI is InChI=1S/C8H15N3O/c1-10-7-8(12)11-6-4-2-3-5-9/h10H,2-4,6-7H2,1H3,(H,11,12). The number of amides is 1. The number of rotatable bonds is 6. The van der Waals surface area contributed by atoms with Gasteiger partial charge < -0.3 is 10.6 Å². The van der Waals surface area contributed by atoms with Gasteiger partial charge in [-0.05, 0) is 19.9 Å². The number of nitriles is 1. The largest absolute Gasteiger partial charge is 0.355 e. The molecule has 0 aliphatic heterocycles. The van der Waals surface area contributed by atoms with E-state index in [9.17, 15) is 4.79 Å². The minimum atomic E-state index is 0.00876. The second kappa shape index (κ2) is 8.02. The maximum atomic E-state index is 10.8. The van der Waals surface area contributed by atoms with Crippen LogP contribution in [-0.2, 0) is 4.79 Å². The van der Waals surface area contributed by atoms with Crippen molar-refractivity contribution < 1.29 is 4.79 Å². The summed E-state index contributed by atoms with van der Waals surface area (Å²) < 4.78 is 0. The van der Waals surface area contributed by atoms with E-state index in [4.69, 9.17) is 5.26 Å². The Morgan fingerprint density at radius 1 is 1.50 bits per heavy atom. The molecule has 0 aromatic rings. The first-order valence-electron chi connectivity index (χ1n) is 4.09. The summed E-state index contributed by atoms with van der Waals surface area (Å²) in [6, 6.07) is 2.06. The Kier molecular flexibility index (Phi) is 7.30. The number of unbranched alkanes of at least 4 members (excludes halogenated alkanes) is 2. The lowest BCUT2D eigenvalue weighted by Gasteiger charge is -2.02. The Balaban J connectivity index is 3.09. The van der Waals surface area contributed by atoms with Gasteiger partial charge in [0.2, 0.25) is 5.91 Å². The molecule has 4 nitrogen and oxygen atoms in total. The molecule has 0 aliphatic rings. The molecule has 0 atom stereocenters. The molecule has 0 saturated heterocycles. The molecule has 1 amide bonds. The summed E-state index contributed by atoms with van der Waals surface area (Å²) in [6.45, 7) is 1.03. The third-order valence-corrected chi connectivity index (χ3v) is 1.37. The van der Waals surface area contributed by atoms with Crippen LogP contribution in [0, 0.1) is 11.3 Å². The Morgan fingerprint density at radius 3 is 2.83 bits per heavy atom. The topological polar surface area (TPSA) is 64.9 Å². The third-order valence-electron chi connectivity index (χ3n) is 1.37. The fourth-order valence-electron chi connectivity index (χ4n) is 0.780. The maximum Gasteiger partial charge on any atom is 0.233 e. The SMILES string of the molecule is CNCC(=O)NCCCCC#N. The van der Waals surface area contributed by atoms with Crippen molar-refractivity contribution in [3.63, 3.8) is 0 Å². The van der Waals surface area contributed by atoms with Crippen LogP contribution in [0.2, 0.25) is 0 Å². The van der Waals surface area contributed by atoms with Crippen LogP contribution in [0.1, 0.15) is 19.3 Å². The van der Waals surface area contributed by atoms with Crippen molar-refractivity contribution in [3.05, 3.63) is 0 Å². The van der Waals surface area contributed by atoms with Crippen LogP contribution in [-0.4, -0.2) is 26.0 Å². The summed E-state index contributed by atoms with van der Waals surface area (Å²) in [6.07, 6.45) is 2.31. The highest BCUT2D eigenvalue weighted by atomic mass is 16.1. The smallest absolute Gasteiger partial charge is 0.233 e. The van der Waals surface area contributed by atoms with Crippen molar-refractivity contribution in [3.8, 4) is 6.07 Å². The predicted molar refractivity (Wildman–Crippen MR) is 46.4 cm³/mol. The number of carbonyl (C=O) groups is 1. The van der Waals surface area contributed by atoms with Gasteiger partial charge >= 0.3 is 0 Å². The van der Waals surface area contributed by atoms with Gasteiger partial charge in [0, 0.05) is 13.0 Å². The highest BCUT2D eigenvalue weighted by molar-refractivity contribution is 5.77. The van der Waals surface area contributed by atoms with E-state index >= 15 is 0 Å². The van der Waals surface area contributed by atoms with Crippen molar-refractivity contribution >= 4 is 5.91 Å². The molecular formula is C8H15N3O. The minimum absolute atomic E-state index is 0.00876. The summed E-state index contributed by atoms with van der Waals surface area (Å²) in [7, 11) is 1.73. The second-order valence-corrected chi connectivity index (χ2v) is 2.50. The van der Waals surface area contributed by atoms with Crippen molar-refractivity contribution in [2.24, 2.45) is 0 Å². The lowest BCUT2D eigenvalue weighted by molar-refractivity contribution is -0.120. The molecule has 0 bridgehead atoms. The highest BCUT2D eigenvalue weighted by Crippen LogP contribution is 1.90. The van der Waals surface area contributed by atoms with E-state index in [1.54, 1.807) is 7.05 Å². The van der Waals surface area contributed by atoms with Gasteiger partial charge in [0.05, 0.1) is 12.6 Å². The first-order valence-corrected chi connectivity index (χ1v) is 4.09. The summed E-state index contributed by atoms with van der Waals surface area (Å²) in [5.74, 6) is 0.00876. The van der Waals surface area contributed by atoms with E-state index in [1.807, 2.05) is 0 Å². The average molecular weight is 169 g/mol. The van der Waals surface area contributed by atoms with Crippen molar-refractivity contribution in [2.45, 2.75) is 19.3 Å². The summed E-state index contributed by atoms with van der Waals surface area (Å²) in [5, 5.41) is 13.7. The zero-order valence-corrected chi connectivity index (χ0v) is 7.39. The Morgan fingerprint density at radius 2 is 2.25 bits per heavy atom. The molecule has 2 N–H and O–H groups in total. The van der Waals surface area contributed by atoms with E-state index in [1.165, 1.54) is 0 Å². The molecular weight excluding hydrogens is 154 g/mol. The molecule has 0 radical (unpaired) electrons. The summed E-state index contributed by atoms with van der Waals surface area (Å²) in [4.78, 5) is 10.8. The van der Waals surface area contributed by atoms with Gasteiger partial charge in [-0.3, -0.25) is 4.79 Å². The van der Waals surface area contributed by atoms with Crippen molar-refractivity contribution in [2.75, 3.05) is 20.1 Å². The Hall–Kier alpha value is -1.08. The van der Waals surface area contributed by atoms with E-state index in [0.29, 0.717) is 19.5 Å². The van der Waals surface area contributed by atoms with Gasteiger partial charge in [-0.15, -0.1) is 0 Å². The summed E-state index contributed by atoms with van der Waals surface area (Å²) in [5.41, 5.74) is 0. The van der Waals surface area contributed by atoms with E-state index in [0.717, 1.165) is 12.8 Å².